The van der Waals surface area contributed by atoms with Crippen LogP contribution < -0.4 is 10.6 Å². The number of hydrogen-bond donors (Lipinski definition) is 2. The van der Waals surface area contributed by atoms with E-state index in [-0.39, 0.29) is 11.8 Å². The Kier molecular flexibility index (Phi) is 3.00. The highest BCUT2D eigenvalue weighted by atomic mass is 19.1. The lowest BCUT2D eigenvalue weighted by Gasteiger charge is -2.26. The van der Waals surface area contributed by atoms with Gasteiger partial charge < -0.3 is 10.6 Å². The van der Waals surface area contributed by atoms with Crippen LogP contribution in [-0.2, 0) is 9.59 Å². The zero-order valence-corrected chi connectivity index (χ0v) is 11.2. The van der Waals surface area contributed by atoms with Gasteiger partial charge in [-0.15, -0.1) is 0 Å². The molecule has 1 aliphatic carbocycles. The summed E-state index contributed by atoms with van der Waals surface area (Å²) in [6.45, 7) is 1.23. The molecule has 2 fully saturated rings. The minimum atomic E-state index is -2.09. The van der Waals surface area contributed by atoms with E-state index in [2.05, 4.69) is 10.6 Å². The highest BCUT2D eigenvalue weighted by Gasteiger charge is 2.54. The summed E-state index contributed by atoms with van der Waals surface area (Å²) in [4.78, 5) is 23.7. The second-order valence-electron chi connectivity index (χ2n) is 5.70. The lowest BCUT2D eigenvalue weighted by molar-refractivity contribution is -0.130. The molecule has 1 aromatic carbocycles. The first-order valence-corrected chi connectivity index (χ1v) is 6.85. The molecule has 5 heteroatoms. The zero-order valence-electron chi connectivity index (χ0n) is 11.2. The SMILES string of the molecule is CC1(F)C(=O)N[C@H](c2ccccc2)[C@H]1NC(=O)C1CC1. The number of carbonyl (C=O) groups is 2. The van der Waals surface area contributed by atoms with Crippen LogP contribution in [0.15, 0.2) is 30.3 Å². The van der Waals surface area contributed by atoms with E-state index in [9.17, 15) is 14.0 Å². The summed E-state index contributed by atoms with van der Waals surface area (Å²) in [6.07, 6.45) is 1.69. The highest BCUT2D eigenvalue weighted by molar-refractivity contribution is 5.91. The summed E-state index contributed by atoms with van der Waals surface area (Å²) in [5.41, 5.74) is -1.30. The van der Waals surface area contributed by atoms with Gasteiger partial charge in [0.2, 0.25) is 11.6 Å². The number of amides is 2. The monoisotopic (exact) mass is 276 g/mol. The Balaban J connectivity index is 1.87. The summed E-state index contributed by atoms with van der Waals surface area (Å²) in [6, 6.07) is 7.76. The molecule has 1 aliphatic heterocycles. The molecule has 2 aliphatic rings. The van der Waals surface area contributed by atoms with Gasteiger partial charge in [0.05, 0.1) is 12.1 Å². The maximum Gasteiger partial charge on any atom is 0.260 e. The van der Waals surface area contributed by atoms with Gasteiger partial charge in [0, 0.05) is 5.92 Å². The van der Waals surface area contributed by atoms with E-state index in [0.29, 0.717) is 0 Å². The molecule has 0 spiro atoms. The van der Waals surface area contributed by atoms with Crippen LogP contribution in [0, 0.1) is 5.92 Å². The lowest BCUT2D eigenvalue weighted by atomic mass is 9.92. The Bertz CT molecular complexity index is 540. The van der Waals surface area contributed by atoms with Gasteiger partial charge in [0.1, 0.15) is 0 Å². The quantitative estimate of drug-likeness (QED) is 0.878. The average Bonchev–Trinajstić information content (AvgIpc) is 3.24. The molecular weight excluding hydrogens is 259 g/mol. The molecule has 3 rings (SSSR count). The number of rotatable bonds is 3. The third kappa shape index (κ3) is 2.17. The molecule has 1 saturated heterocycles. The van der Waals surface area contributed by atoms with Crippen LogP contribution in [0.4, 0.5) is 4.39 Å². The fourth-order valence-corrected chi connectivity index (χ4v) is 2.59. The molecule has 4 nitrogen and oxygen atoms in total. The first kappa shape index (κ1) is 13.1. The van der Waals surface area contributed by atoms with Crippen molar-refractivity contribution in [3.63, 3.8) is 0 Å². The predicted octanol–water partition coefficient (Wildman–Crippen LogP) is 1.48. The largest absolute Gasteiger partial charge is 0.347 e. The van der Waals surface area contributed by atoms with Crippen molar-refractivity contribution in [1.29, 1.82) is 0 Å². The van der Waals surface area contributed by atoms with E-state index in [1.54, 1.807) is 0 Å². The maximum absolute atomic E-state index is 14.6. The standard InChI is InChI=1S/C15H17FN2O2/c1-15(16)12(18-13(19)10-7-8-10)11(17-14(15)20)9-5-3-2-4-6-9/h2-6,10-12H,7-8H2,1H3,(H,17,20)(H,18,19)/t11-,12-,15?/m1/s1. The Morgan fingerprint density at radius 2 is 2.00 bits per heavy atom. The molecule has 1 unspecified atom stereocenters. The van der Waals surface area contributed by atoms with Gasteiger partial charge in [0.15, 0.2) is 0 Å². The topological polar surface area (TPSA) is 58.2 Å². The third-order valence-electron chi connectivity index (χ3n) is 4.05. The van der Waals surface area contributed by atoms with Crippen LogP contribution in [0.1, 0.15) is 31.4 Å². The van der Waals surface area contributed by atoms with E-state index in [1.165, 1.54) is 6.92 Å². The second-order valence-corrected chi connectivity index (χ2v) is 5.70. The number of benzene rings is 1. The minimum Gasteiger partial charge on any atom is -0.347 e. The number of carbonyl (C=O) groups excluding carboxylic acids is 2. The van der Waals surface area contributed by atoms with Gasteiger partial charge in [-0.1, -0.05) is 30.3 Å². The van der Waals surface area contributed by atoms with Crippen LogP contribution in [-0.4, -0.2) is 23.5 Å². The molecule has 20 heavy (non-hydrogen) atoms. The second kappa shape index (κ2) is 4.58. The van der Waals surface area contributed by atoms with Gasteiger partial charge in [-0.2, -0.15) is 0 Å². The number of alkyl halides is 1. The molecule has 0 aromatic heterocycles. The van der Waals surface area contributed by atoms with Crippen molar-refractivity contribution < 1.29 is 14.0 Å². The molecule has 0 bridgehead atoms. The molecule has 1 saturated carbocycles. The lowest BCUT2D eigenvalue weighted by Crippen LogP contribution is -2.50. The first-order valence-electron chi connectivity index (χ1n) is 6.85. The molecule has 2 amide bonds. The zero-order chi connectivity index (χ0) is 14.3. The Hall–Kier alpha value is -1.91. The Labute approximate surface area is 116 Å². The van der Waals surface area contributed by atoms with Crippen molar-refractivity contribution in [3.05, 3.63) is 35.9 Å². The summed E-state index contributed by atoms with van der Waals surface area (Å²) < 4.78 is 14.6. The van der Waals surface area contributed by atoms with E-state index in [4.69, 9.17) is 0 Å². The fraction of sp³-hybridized carbons (Fsp3) is 0.467. The summed E-state index contributed by atoms with van der Waals surface area (Å²) in [5, 5.41) is 5.36. The predicted molar refractivity (Wildman–Crippen MR) is 71.5 cm³/mol. The van der Waals surface area contributed by atoms with Crippen LogP contribution >= 0.6 is 0 Å². The van der Waals surface area contributed by atoms with Crippen LogP contribution in [0.25, 0.3) is 0 Å². The highest BCUT2D eigenvalue weighted by Crippen LogP contribution is 2.36. The van der Waals surface area contributed by atoms with Crippen molar-refractivity contribution >= 4 is 11.8 Å². The van der Waals surface area contributed by atoms with Gasteiger partial charge in [-0.05, 0) is 25.3 Å². The maximum atomic E-state index is 14.6. The average molecular weight is 276 g/mol. The van der Waals surface area contributed by atoms with Crippen LogP contribution in [0.5, 0.6) is 0 Å². The number of nitrogens with one attached hydrogen (secondary N) is 2. The summed E-state index contributed by atoms with van der Waals surface area (Å²) >= 11 is 0. The van der Waals surface area contributed by atoms with Crippen molar-refractivity contribution in [3.8, 4) is 0 Å². The third-order valence-corrected chi connectivity index (χ3v) is 4.05. The first-order chi connectivity index (χ1) is 9.50. The molecule has 106 valence electrons. The van der Waals surface area contributed by atoms with Crippen LogP contribution in [0.3, 0.4) is 0 Å². The molecule has 3 atom stereocenters. The van der Waals surface area contributed by atoms with Crippen molar-refractivity contribution in [1.82, 2.24) is 10.6 Å². The molecule has 0 radical (unpaired) electrons. The van der Waals surface area contributed by atoms with E-state index in [1.807, 2.05) is 30.3 Å². The van der Waals surface area contributed by atoms with Gasteiger partial charge in [-0.3, -0.25) is 9.59 Å². The summed E-state index contributed by atoms with van der Waals surface area (Å²) in [7, 11) is 0. The smallest absolute Gasteiger partial charge is 0.260 e. The Morgan fingerprint density at radius 1 is 1.35 bits per heavy atom. The molecule has 2 N–H and O–H groups in total. The Morgan fingerprint density at radius 3 is 2.60 bits per heavy atom. The van der Waals surface area contributed by atoms with Gasteiger partial charge >= 0.3 is 0 Å². The van der Waals surface area contributed by atoms with Crippen molar-refractivity contribution in [2.24, 2.45) is 5.92 Å². The minimum absolute atomic E-state index is 0.0158. The van der Waals surface area contributed by atoms with Crippen molar-refractivity contribution in [2.45, 2.75) is 37.5 Å². The number of halogens is 1. The van der Waals surface area contributed by atoms with Gasteiger partial charge in [-0.25, -0.2) is 4.39 Å². The van der Waals surface area contributed by atoms with Crippen molar-refractivity contribution in [2.75, 3.05) is 0 Å². The van der Waals surface area contributed by atoms with E-state index >= 15 is 0 Å². The van der Waals surface area contributed by atoms with Crippen LogP contribution in [0.2, 0.25) is 0 Å². The summed E-state index contributed by atoms with van der Waals surface area (Å²) in [5.74, 6) is -0.846. The fourth-order valence-electron chi connectivity index (χ4n) is 2.59. The normalized spacial score (nSPS) is 32.8. The molecular formula is C15H17FN2O2. The van der Waals surface area contributed by atoms with Gasteiger partial charge in [0.25, 0.3) is 5.91 Å². The van der Waals surface area contributed by atoms with E-state index < -0.39 is 23.7 Å². The van der Waals surface area contributed by atoms with E-state index in [0.717, 1.165) is 18.4 Å². The molecule has 1 aromatic rings. The molecule has 1 heterocycles. The number of hydrogen-bond acceptors (Lipinski definition) is 2.